The molecule has 0 spiro atoms. The Morgan fingerprint density at radius 2 is 2.04 bits per heavy atom. The molecule has 0 bridgehead atoms. The predicted molar refractivity (Wildman–Crippen MR) is 88.2 cm³/mol. The molecule has 1 N–H and O–H groups in total. The molecule has 3 rings (SSSR count). The van der Waals surface area contributed by atoms with Gasteiger partial charge in [0, 0.05) is 5.56 Å². The molecule has 1 amide bonds. The third-order valence-electron chi connectivity index (χ3n) is 3.36. The van der Waals surface area contributed by atoms with Gasteiger partial charge in [-0.1, -0.05) is 28.9 Å². The van der Waals surface area contributed by atoms with E-state index < -0.39 is 0 Å². The highest BCUT2D eigenvalue weighted by Gasteiger charge is 2.10. The first-order chi connectivity index (χ1) is 12.1. The highest BCUT2D eigenvalue weighted by molar-refractivity contribution is 5.77. The number of hydrogen-bond donors (Lipinski definition) is 1. The molecule has 0 radical (unpaired) electrons. The van der Waals surface area contributed by atoms with Crippen molar-refractivity contribution >= 4 is 5.91 Å². The van der Waals surface area contributed by atoms with Crippen LogP contribution in [-0.2, 0) is 11.3 Å². The summed E-state index contributed by atoms with van der Waals surface area (Å²) in [5.41, 5.74) is 1.94. The number of carbonyl (C=O) groups excluding carboxylic acids is 1. The van der Waals surface area contributed by atoms with Gasteiger partial charge in [-0.05, 0) is 37.3 Å². The van der Waals surface area contributed by atoms with E-state index in [0.717, 1.165) is 11.1 Å². The fourth-order valence-electron chi connectivity index (χ4n) is 2.13. The maximum absolute atomic E-state index is 12.8. The fourth-order valence-corrected chi connectivity index (χ4v) is 2.13. The van der Waals surface area contributed by atoms with Crippen molar-refractivity contribution in [2.45, 2.75) is 13.5 Å². The van der Waals surface area contributed by atoms with Crippen molar-refractivity contribution < 1.29 is 18.4 Å². The molecular formula is C18H16FN3O3. The van der Waals surface area contributed by atoms with Gasteiger partial charge < -0.3 is 14.6 Å². The van der Waals surface area contributed by atoms with Crippen LogP contribution in [0.2, 0.25) is 0 Å². The van der Waals surface area contributed by atoms with E-state index in [1.54, 1.807) is 0 Å². The Hall–Kier alpha value is -3.22. The van der Waals surface area contributed by atoms with Crippen molar-refractivity contribution in [3.8, 4) is 17.1 Å². The van der Waals surface area contributed by atoms with Gasteiger partial charge in [-0.2, -0.15) is 4.98 Å². The van der Waals surface area contributed by atoms with Crippen molar-refractivity contribution in [3.63, 3.8) is 0 Å². The van der Waals surface area contributed by atoms with Crippen LogP contribution in [-0.4, -0.2) is 22.7 Å². The number of amides is 1. The predicted octanol–water partition coefficient (Wildman–Crippen LogP) is 2.88. The highest BCUT2D eigenvalue weighted by Crippen LogP contribution is 2.16. The van der Waals surface area contributed by atoms with Gasteiger partial charge in [0.05, 0.1) is 6.54 Å². The van der Waals surface area contributed by atoms with E-state index in [1.165, 1.54) is 24.3 Å². The van der Waals surface area contributed by atoms with Crippen LogP contribution in [0, 0.1) is 12.7 Å². The Bertz CT molecular complexity index is 862. The molecule has 25 heavy (non-hydrogen) atoms. The molecule has 0 atom stereocenters. The molecule has 0 aliphatic heterocycles. The summed E-state index contributed by atoms with van der Waals surface area (Å²) < 4.78 is 23.2. The highest BCUT2D eigenvalue weighted by atomic mass is 19.1. The number of nitrogens with zero attached hydrogens (tertiary/aromatic N) is 2. The summed E-state index contributed by atoms with van der Waals surface area (Å²) in [6.45, 7) is 1.89. The van der Waals surface area contributed by atoms with Crippen molar-refractivity contribution in [3.05, 3.63) is 65.8 Å². The SMILES string of the molecule is Cc1cccc(-c2noc(CNC(=O)COc3ccc(F)cc3)n2)c1. The van der Waals surface area contributed by atoms with E-state index in [9.17, 15) is 9.18 Å². The summed E-state index contributed by atoms with van der Waals surface area (Å²) in [4.78, 5) is 16.0. The number of benzene rings is 2. The van der Waals surface area contributed by atoms with Gasteiger partial charge in [-0.25, -0.2) is 4.39 Å². The molecule has 0 saturated carbocycles. The van der Waals surface area contributed by atoms with Crippen LogP contribution in [0.1, 0.15) is 11.5 Å². The summed E-state index contributed by atoms with van der Waals surface area (Å²) >= 11 is 0. The van der Waals surface area contributed by atoms with Gasteiger partial charge in [0.25, 0.3) is 5.91 Å². The van der Waals surface area contributed by atoms with Crippen molar-refractivity contribution in [2.24, 2.45) is 0 Å². The molecular weight excluding hydrogens is 325 g/mol. The van der Waals surface area contributed by atoms with Crippen molar-refractivity contribution in [2.75, 3.05) is 6.61 Å². The number of nitrogens with one attached hydrogen (secondary N) is 1. The molecule has 1 aromatic heterocycles. The fraction of sp³-hybridized carbons (Fsp3) is 0.167. The lowest BCUT2D eigenvalue weighted by Crippen LogP contribution is -2.28. The molecule has 0 saturated heterocycles. The molecule has 0 fully saturated rings. The van der Waals surface area contributed by atoms with Gasteiger partial charge in [0.2, 0.25) is 11.7 Å². The molecule has 7 heteroatoms. The summed E-state index contributed by atoms with van der Waals surface area (Å²) in [5.74, 6) is 0.468. The number of halogens is 1. The van der Waals surface area contributed by atoms with Crippen LogP contribution < -0.4 is 10.1 Å². The number of rotatable bonds is 6. The Kier molecular flexibility index (Phi) is 5.03. The van der Waals surface area contributed by atoms with Crippen LogP contribution >= 0.6 is 0 Å². The Morgan fingerprint density at radius 1 is 1.24 bits per heavy atom. The number of hydrogen-bond acceptors (Lipinski definition) is 5. The Balaban J connectivity index is 1.50. The lowest BCUT2D eigenvalue weighted by Gasteiger charge is -2.05. The van der Waals surface area contributed by atoms with Crippen LogP contribution in [0.3, 0.4) is 0 Å². The van der Waals surface area contributed by atoms with Gasteiger partial charge in [0.15, 0.2) is 6.61 Å². The minimum atomic E-state index is -0.363. The minimum Gasteiger partial charge on any atom is -0.484 e. The normalized spacial score (nSPS) is 10.5. The number of aromatic nitrogens is 2. The van der Waals surface area contributed by atoms with Crippen molar-refractivity contribution in [1.82, 2.24) is 15.5 Å². The second-order valence-corrected chi connectivity index (χ2v) is 5.40. The zero-order valence-corrected chi connectivity index (χ0v) is 13.5. The molecule has 3 aromatic rings. The second-order valence-electron chi connectivity index (χ2n) is 5.40. The molecule has 0 aliphatic carbocycles. The quantitative estimate of drug-likeness (QED) is 0.746. The summed E-state index contributed by atoms with van der Waals surface area (Å²) in [6, 6.07) is 13.2. The maximum atomic E-state index is 12.8. The lowest BCUT2D eigenvalue weighted by molar-refractivity contribution is -0.123. The van der Waals surface area contributed by atoms with E-state index in [0.29, 0.717) is 17.5 Å². The second kappa shape index (κ2) is 7.57. The summed E-state index contributed by atoms with van der Waals surface area (Å²) in [7, 11) is 0. The monoisotopic (exact) mass is 341 g/mol. The first-order valence-corrected chi connectivity index (χ1v) is 7.65. The van der Waals surface area contributed by atoms with Crippen LogP contribution in [0.4, 0.5) is 4.39 Å². The lowest BCUT2D eigenvalue weighted by atomic mass is 10.1. The minimum absolute atomic E-state index is 0.102. The molecule has 0 unspecified atom stereocenters. The average molecular weight is 341 g/mol. The average Bonchev–Trinajstić information content (AvgIpc) is 3.08. The van der Waals surface area contributed by atoms with Crippen LogP contribution in [0.5, 0.6) is 5.75 Å². The van der Waals surface area contributed by atoms with Gasteiger partial charge in [-0.15, -0.1) is 0 Å². The van der Waals surface area contributed by atoms with E-state index in [-0.39, 0.29) is 24.9 Å². The molecule has 1 heterocycles. The topological polar surface area (TPSA) is 77.2 Å². The zero-order valence-electron chi connectivity index (χ0n) is 13.5. The van der Waals surface area contributed by atoms with E-state index in [1.807, 2.05) is 31.2 Å². The molecule has 128 valence electrons. The Labute approximate surface area is 143 Å². The van der Waals surface area contributed by atoms with E-state index >= 15 is 0 Å². The smallest absolute Gasteiger partial charge is 0.258 e. The molecule has 2 aromatic carbocycles. The zero-order chi connectivity index (χ0) is 17.6. The standard InChI is InChI=1S/C18H16FN3O3/c1-12-3-2-4-13(9-12)18-21-17(25-22-18)10-20-16(23)11-24-15-7-5-14(19)6-8-15/h2-9H,10-11H2,1H3,(H,20,23). The van der Waals surface area contributed by atoms with Gasteiger partial charge in [-0.3, -0.25) is 4.79 Å². The number of ether oxygens (including phenoxy) is 1. The van der Waals surface area contributed by atoms with E-state index in [4.69, 9.17) is 9.26 Å². The summed E-state index contributed by atoms with van der Waals surface area (Å²) in [5, 5.41) is 6.53. The van der Waals surface area contributed by atoms with Crippen LogP contribution in [0.25, 0.3) is 11.4 Å². The number of aryl methyl sites for hydroxylation is 1. The number of carbonyl (C=O) groups is 1. The van der Waals surface area contributed by atoms with Crippen LogP contribution in [0.15, 0.2) is 53.1 Å². The van der Waals surface area contributed by atoms with Gasteiger partial charge in [0.1, 0.15) is 11.6 Å². The molecule has 6 nitrogen and oxygen atoms in total. The third-order valence-corrected chi connectivity index (χ3v) is 3.36. The van der Waals surface area contributed by atoms with E-state index in [2.05, 4.69) is 15.5 Å². The van der Waals surface area contributed by atoms with Crippen molar-refractivity contribution in [1.29, 1.82) is 0 Å². The van der Waals surface area contributed by atoms with Gasteiger partial charge >= 0.3 is 0 Å². The maximum Gasteiger partial charge on any atom is 0.258 e. The summed E-state index contributed by atoms with van der Waals surface area (Å²) in [6.07, 6.45) is 0. The first-order valence-electron chi connectivity index (χ1n) is 7.65. The Morgan fingerprint density at radius 3 is 2.80 bits per heavy atom. The largest absolute Gasteiger partial charge is 0.484 e. The first kappa shape index (κ1) is 16.6. The molecule has 0 aliphatic rings. The third kappa shape index (κ3) is 4.63.